The van der Waals surface area contributed by atoms with E-state index in [-0.39, 0.29) is 24.2 Å². The predicted octanol–water partition coefficient (Wildman–Crippen LogP) is 3.27. The molecule has 3 N–H and O–H groups in total. The zero-order valence-corrected chi connectivity index (χ0v) is 20.7. The molecule has 1 saturated heterocycles. The van der Waals surface area contributed by atoms with Crippen LogP contribution in [-0.4, -0.2) is 70.3 Å². The molecule has 1 unspecified atom stereocenters. The van der Waals surface area contributed by atoms with Crippen molar-refractivity contribution in [3.63, 3.8) is 0 Å². The molecule has 0 aromatic carbocycles. The Morgan fingerprint density at radius 2 is 2.26 bits per heavy atom. The fraction of sp³-hybridized carbons (Fsp3) is 0.667. The summed E-state index contributed by atoms with van der Waals surface area (Å²) in [7, 11) is 1.91. The highest BCUT2D eigenvalue weighted by molar-refractivity contribution is 6.07. The Morgan fingerprint density at radius 3 is 3.06 bits per heavy atom. The lowest BCUT2D eigenvalue weighted by Crippen LogP contribution is -2.33. The summed E-state index contributed by atoms with van der Waals surface area (Å²) in [6, 6.07) is 2.07. The smallest absolute Gasteiger partial charge is 0.407 e. The zero-order chi connectivity index (χ0) is 24.4. The molecule has 1 amide bonds. The van der Waals surface area contributed by atoms with Gasteiger partial charge in [-0.05, 0) is 39.5 Å². The maximum atomic E-state index is 11.9. The van der Waals surface area contributed by atoms with Crippen molar-refractivity contribution in [1.29, 1.82) is 0 Å². The van der Waals surface area contributed by atoms with Crippen molar-refractivity contribution in [3.8, 4) is 5.88 Å². The summed E-state index contributed by atoms with van der Waals surface area (Å²) in [4.78, 5) is 16.8. The van der Waals surface area contributed by atoms with Gasteiger partial charge in [0.05, 0.1) is 18.9 Å². The van der Waals surface area contributed by atoms with Crippen LogP contribution in [0.5, 0.6) is 5.88 Å². The van der Waals surface area contributed by atoms with Gasteiger partial charge in [0.15, 0.2) is 5.82 Å². The molecule has 1 saturated carbocycles. The number of aliphatic imine (C=N–C) groups is 1. The van der Waals surface area contributed by atoms with E-state index in [1.165, 1.54) is 0 Å². The topological polar surface area (TPSA) is 128 Å². The molecule has 2 aromatic heterocycles. The molecule has 4 heterocycles. The largest absolute Gasteiger partial charge is 0.475 e. The Bertz CT molecular complexity index is 1070. The fourth-order valence-corrected chi connectivity index (χ4v) is 5.02. The van der Waals surface area contributed by atoms with Gasteiger partial charge >= 0.3 is 6.09 Å². The van der Waals surface area contributed by atoms with Crippen LogP contribution in [0.4, 0.5) is 16.3 Å². The first kappa shape index (κ1) is 23.7. The molecule has 0 bridgehead atoms. The lowest BCUT2D eigenvalue weighted by molar-refractivity contribution is 0.0981. The number of H-pyrrole nitrogens is 1. The summed E-state index contributed by atoms with van der Waals surface area (Å²) >= 11 is 0. The molecule has 0 spiro atoms. The van der Waals surface area contributed by atoms with Crippen molar-refractivity contribution in [2.75, 3.05) is 31.7 Å². The minimum atomic E-state index is -0.347. The number of aryl methyl sites for hydroxylation is 1. The lowest BCUT2D eigenvalue weighted by atomic mass is 10.0. The van der Waals surface area contributed by atoms with Crippen molar-refractivity contribution in [2.45, 2.75) is 64.0 Å². The SMILES string of the molecule is CC(C)NC(=O)O[C@@H]1CC[C@H](c2cc(N=C3CCNc4c(OCC5CCOC5)nn(C)c43)n[nH]2)C1. The van der Waals surface area contributed by atoms with Gasteiger partial charge in [-0.1, -0.05) is 0 Å². The number of hydrogen-bond donors (Lipinski definition) is 3. The third kappa shape index (κ3) is 5.44. The van der Waals surface area contributed by atoms with E-state index in [2.05, 4.69) is 25.9 Å². The summed E-state index contributed by atoms with van der Waals surface area (Å²) in [5.74, 6) is 1.95. The Morgan fingerprint density at radius 1 is 1.37 bits per heavy atom. The summed E-state index contributed by atoms with van der Waals surface area (Å²) in [5.41, 5.74) is 3.79. The molecule has 2 fully saturated rings. The molecule has 190 valence electrons. The summed E-state index contributed by atoms with van der Waals surface area (Å²) in [6.07, 6.45) is 3.95. The van der Waals surface area contributed by atoms with Gasteiger partial charge in [-0.25, -0.2) is 9.79 Å². The van der Waals surface area contributed by atoms with Crippen molar-refractivity contribution in [2.24, 2.45) is 18.0 Å². The zero-order valence-electron chi connectivity index (χ0n) is 20.7. The molecule has 35 heavy (non-hydrogen) atoms. The van der Waals surface area contributed by atoms with Gasteiger partial charge in [-0.3, -0.25) is 9.78 Å². The second-order valence-corrected chi connectivity index (χ2v) is 9.95. The molecule has 3 aliphatic rings. The normalized spacial score (nSPS) is 25.0. The van der Waals surface area contributed by atoms with E-state index in [0.717, 1.165) is 74.6 Å². The summed E-state index contributed by atoms with van der Waals surface area (Å²) < 4.78 is 18.9. The van der Waals surface area contributed by atoms with Gasteiger partial charge in [0.25, 0.3) is 5.88 Å². The monoisotopic (exact) mass is 485 g/mol. The molecule has 1 aliphatic carbocycles. The van der Waals surface area contributed by atoms with Crippen LogP contribution in [0, 0.1) is 5.92 Å². The number of aromatic nitrogens is 4. The van der Waals surface area contributed by atoms with E-state index < -0.39 is 0 Å². The fourth-order valence-electron chi connectivity index (χ4n) is 5.02. The van der Waals surface area contributed by atoms with Gasteiger partial charge in [0, 0.05) is 56.3 Å². The van der Waals surface area contributed by atoms with Crippen LogP contribution < -0.4 is 15.4 Å². The first-order valence-electron chi connectivity index (χ1n) is 12.6. The third-order valence-corrected chi connectivity index (χ3v) is 6.77. The first-order valence-corrected chi connectivity index (χ1v) is 12.6. The lowest BCUT2D eigenvalue weighted by Gasteiger charge is -2.17. The first-order chi connectivity index (χ1) is 17.0. The molecule has 11 nitrogen and oxygen atoms in total. The Kier molecular flexibility index (Phi) is 6.94. The van der Waals surface area contributed by atoms with E-state index in [9.17, 15) is 4.79 Å². The number of carbonyl (C=O) groups is 1. The average molecular weight is 486 g/mol. The third-order valence-electron chi connectivity index (χ3n) is 6.77. The van der Waals surface area contributed by atoms with Gasteiger partial charge in [-0.15, -0.1) is 5.10 Å². The maximum absolute atomic E-state index is 11.9. The number of aromatic amines is 1. The molecule has 3 atom stereocenters. The number of hydrogen-bond acceptors (Lipinski definition) is 8. The minimum Gasteiger partial charge on any atom is -0.475 e. The number of nitrogens with zero attached hydrogens (tertiary/aromatic N) is 4. The van der Waals surface area contributed by atoms with Crippen LogP contribution in [0.1, 0.15) is 63.3 Å². The number of alkyl carbamates (subject to hydrolysis) is 1. The van der Waals surface area contributed by atoms with E-state index >= 15 is 0 Å². The summed E-state index contributed by atoms with van der Waals surface area (Å²) in [5, 5.41) is 18.4. The molecule has 2 aliphatic heterocycles. The van der Waals surface area contributed by atoms with Gasteiger partial charge in [0.1, 0.15) is 17.5 Å². The molecule has 11 heteroatoms. The number of rotatable bonds is 7. The number of fused-ring (bicyclic) bond motifs is 1. The number of anilines is 1. The average Bonchev–Trinajstić information content (AvgIpc) is 3.60. The molecular weight excluding hydrogens is 450 g/mol. The molecular formula is C24H35N7O4. The Labute approximate surface area is 205 Å². The van der Waals surface area contributed by atoms with Crippen LogP contribution in [0.25, 0.3) is 0 Å². The number of nitrogens with one attached hydrogen (secondary N) is 3. The highest BCUT2D eigenvalue weighted by Crippen LogP contribution is 2.37. The Balaban J connectivity index is 1.25. The minimum absolute atomic E-state index is 0.0634. The summed E-state index contributed by atoms with van der Waals surface area (Å²) in [6.45, 7) is 6.75. The second-order valence-electron chi connectivity index (χ2n) is 9.95. The second kappa shape index (κ2) is 10.3. The van der Waals surface area contributed by atoms with E-state index in [4.69, 9.17) is 19.2 Å². The Hall–Kier alpha value is -3.08. The van der Waals surface area contributed by atoms with Crippen molar-refractivity contribution in [3.05, 3.63) is 17.5 Å². The highest BCUT2D eigenvalue weighted by atomic mass is 16.6. The quantitative estimate of drug-likeness (QED) is 0.549. The van der Waals surface area contributed by atoms with Crippen molar-refractivity contribution < 1.29 is 19.0 Å². The van der Waals surface area contributed by atoms with Crippen LogP contribution in [0.3, 0.4) is 0 Å². The highest BCUT2D eigenvalue weighted by Gasteiger charge is 2.31. The van der Waals surface area contributed by atoms with Crippen LogP contribution in [-0.2, 0) is 16.5 Å². The predicted molar refractivity (Wildman–Crippen MR) is 131 cm³/mol. The van der Waals surface area contributed by atoms with E-state index in [0.29, 0.717) is 24.2 Å². The van der Waals surface area contributed by atoms with Crippen LogP contribution in [0.15, 0.2) is 11.1 Å². The van der Waals surface area contributed by atoms with Crippen LogP contribution in [0.2, 0.25) is 0 Å². The van der Waals surface area contributed by atoms with Crippen LogP contribution >= 0.6 is 0 Å². The van der Waals surface area contributed by atoms with E-state index in [1.54, 1.807) is 0 Å². The van der Waals surface area contributed by atoms with Gasteiger partial charge < -0.3 is 24.8 Å². The number of ether oxygens (including phenoxy) is 3. The van der Waals surface area contributed by atoms with Gasteiger partial charge in [0.2, 0.25) is 0 Å². The van der Waals surface area contributed by atoms with E-state index in [1.807, 2.05) is 31.6 Å². The molecule has 5 rings (SSSR count). The van der Waals surface area contributed by atoms with Crippen molar-refractivity contribution in [1.82, 2.24) is 25.3 Å². The van der Waals surface area contributed by atoms with Crippen molar-refractivity contribution >= 4 is 23.3 Å². The number of carbonyl (C=O) groups excluding carboxylic acids is 1. The standard InChI is InChI=1S/C24H35N7O4/c1-14(2)26-24(32)35-17-5-4-16(10-17)19-11-20(29-28-19)27-18-6-8-25-21-22(18)31(3)30-23(21)34-13-15-7-9-33-12-15/h11,14-17,25H,4-10,12-13H2,1-3H3,(H,26,32)(H,28,29)/t15?,16-,17+/m0/s1. The maximum Gasteiger partial charge on any atom is 0.407 e. The molecule has 2 aromatic rings. The van der Waals surface area contributed by atoms with Gasteiger partial charge in [-0.2, -0.15) is 5.10 Å². The molecule has 0 radical (unpaired) electrons. The number of amides is 1.